The van der Waals surface area contributed by atoms with E-state index in [9.17, 15) is 9.59 Å². The Kier molecular flexibility index (Phi) is 5.41. The number of hydrogen-bond donors (Lipinski definition) is 1. The maximum Gasteiger partial charge on any atom is 0.338 e. The predicted octanol–water partition coefficient (Wildman–Crippen LogP) is 2.42. The molecule has 6 heteroatoms. The first-order valence-electron chi connectivity index (χ1n) is 8.43. The van der Waals surface area contributed by atoms with Crippen LogP contribution in [0.1, 0.15) is 21.5 Å². The Morgan fingerprint density at radius 3 is 2.69 bits per heavy atom. The van der Waals surface area contributed by atoms with Gasteiger partial charge in [-0.1, -0.05) is 24.3 Å². The molecule has 2 aromatic carbocycles. The van der Waals surface area contributed by atoms with E-state index in [0.717, 1.165) is 11.1 Å². The fourth-order valence-corrected chi connectivity index (χ4v) is 2.62. The lowest BCUT2D eigenvalue weighted by molar-refractivity contribution is -0.124. The molecule has 0 bridgehead atoms. The number of hydrogen-bond acceptors (Lipinski definition) is 5. The standard InChI is InChI=1S/C20H21NO5/c1-13-6-5-7-16(14(13)2)20(23)25-12-19(22)21-10-15-11-24-17-8-3-4-9-18(17)26-15/h3-9,15H,10-12H2,1-2H3,(H,21,22). The second kappa shape index (κ2) is 7.91. The van der Waals surface area contributed by atoms with Gasteiger partial charge in [0.15, 0.2) is 18.1 Å². The Hall–Kier alpha value is -3.02. The topological polar surface area (TPSA) is 73.9 Å². The highest BCUT2D eigenvalue weighted by atomic mass is 16.6. The molecular formula is C20H21NO5. The molecule has 1 heterocycles. The zero-order valence-corrected chi connectivity index (χ0v) is 14.8. The minimum absolute atomic E-state index is 0.272. The summed E-state index contributed by atoms with van der Waals surface area (Å²) in [4.78, 5) is 24.1. The van der Waals surface area contributed by atoms with Crippen LogP contribution in [0.3, 0.4) is 0 Å². The quantitative estimate of drug-likeness (QED) is 0.834. The van der Waals surface area contributed by atoms with E-state index in [1.165, 1.54) is 0 Å². The van der Waals surface area contributed by atoms with E-state index in [2.05, 4.69) is 5.32 Å². The van der Waals surface area contributed by atoms with E-state index < -0.39 is 5.97 Å². The summed E-state index contributed by atoms with van der Waals surface area (Å²) in [6.45, 7) is 4.05. The van der Waals surface area contributed by atoms with E-state index in [4.69, 9.17) is 14.2 Å². The van der Waals surface area contributed by atoms with Gasteiger partial charge in [0.25, 0.3) is 5.91 Å². The number of ether oxygens (including phenoxy) is 3. The van der Waals surface area contributed by atoms with Crippen molar-refractivity contribution in [1.82, 2.24) is 5.32 Å². The maximum atomic E-state index is 12.1. The number of fused-ring (bicyclic) bond motifs is 1. The first-order chi connectivity index (χ1) is 12.5. The van der Waals surface area contributed by atoms with Crippen molar-refractivity contribution in [2.45, 2.75) is 20.0 Å². The highest BCUT2D eigenvalue weighted by Crippen LogP contribution is 2.30. The van der Waals surface area contributed by atoms with Gasteiger partial charge in [0.1, 0.15) is 12.7 Å². The molecule has 1 N–H and O–H groups in total. The van der Waals surface area contributed by atoms with Crippen LogP contribution in [-0.2, 0) is 9.53 Å². The lowest BCUT2D eigenvalue weighted by atomic mass is 10.0. The highest BCUT2D eigenvalue weighted by Gasteiger charge is 2.21. The van der Waals surface area contributed by atoms with Gasteiger partial charge in [-0.3, -0.25) is 4.79 Å². The van der Waals surface area contributed by atoms with E-state index in [1.54, 1.807) is 12.1 Å². The highest BCUT2D eigenvalue weighted by molar-refractivity contribution is 5.93. The average Bonchev–Trinajstić information content (AvgIpc) is 2.66. The summed E-state index contributed by atoms with van der Waals surface area (Å²) in [5.74, 6) is 0.454. The second-order valence-electron chi connectivity index (χ2n) is 6.13. The number of rotatable bonds is 5. The second-order valence-corrected chi connectivity index (χ2v) is 6.13. The minimum atomic E-state index is -0.507. The Labute approximate surface area is 152 Å². The van der Waals surface area contributed by atoms with Crippen molar-refractivity contribution in [3.63, 3.8) is 0 Å². The number of aryl methyl sites for hydroxylation is 1. The molecule has 2 aromatic rings. The lowest BCUT2D eigenvalue weighted by Crippen LogP contribution is -2.42. The van der Waals surface area contributed by atoms with Crippen LogP contribution in [0.5, 0.6) is 11.5 Å². The fourth-order valence-electron chi connectivity index (χ4n) is 2.62. The number of amides is 1. The molecule has 0 aromatic heterocycles. The summed E-state index contributed by atoms with van der Waals surface area (Å²) in [6.07, 6.45) is -0.288. The Bertz CT molecular complexity index is 818. The molecule has 0 saturated heterocycles. The monoisotopic (exact) mass is 355 g/mol. The fraction of sp³-hybridized carbons (Fsp3) is 0.300. The van der Waals surface area contributed by atoms with Crippen molar-refractivity contribution < 1.29 is 23.8 Å². The van der Waals surface area contributed by atoms with Gasteiger partial charge in [0.05, 0.1) is 12.1 Å². The number of nitrogens with one attached hydrogen (secondary N) is 1. The molecule has 1 atom stereocenters. The van der Waals surface area contributed by atoms with Crippen LogP contribution in [0.4, 0.5) is 0 Å². The molecule has 136 valence electrons. The first-order valence-corrected chi connectivity index (χ1v) is 8.43. The molecule has 3 rings (SSSR count). The van der Waals surface area contributed by atoms with Gasteiger partial charge in [-0.2, -0.15) is 0 Å². The van der Waals surface area contributed by atoms with Crippen molar-refractivity contribution in [2.75, 3.05) is 19.8 Å². The molecule has 1 amide bonds. The molecule has 1 aliphatic rings. The van der Waals surface area contributed by atoms with Gasteiger partial charge >= 0.3 is 5.97 Å². The summed E-state index contributed by atoms with van der Waals surface area (Å²) in [5, 5.41) is 2.69. The normalized spacial score (nSPS) is 15.2. The molecular weight excluding hydrogens is 334 g/mol. The Morgan fingerprint density at radius 1 is 1.12 bits per heavy atom. The molecule has 26 heavy (non-hydrogen) atoms. The van der Waals surface area contributed by atoms with Crippen LogP contribution in [0.15, 0.2) is 42.5 Å². The Balaban J connectivity index is 1.45. The van der Waals surface area contributed by atoms with Gasteiger partial charge in [-0.25, -0.2) is 4.79 Å². The van der Waals surface area contributed by atoms with Crippen molar-refractivity contribution in [2.24, 2.45) is 0 Å². The summed E-state index contributed by atoms with van der Waals surface area (Å²) in [7, 11) is 0. The smallest absolute Gasteiger partial charge is 0.338 e. The van der Waals surface area contributed by atoms with Crippen molar-refractivity contribution in [3.8, 4) is 11.5 Å². The van der Waals surface area contributed by atoms with Crippen LogP contribution < -0.4 is 14.8 Å². The number of para-hydroxylation sites is 2. The third kappa shape index (κ3) is 4.14. The number of esters is 1. The van der Waals surface area contributed by atoms with E-state index >= 15 is 0 Å². The third-order valence-electron chi connectivity index (χ3n) is 4.25. The zero-order chi connectivity index (χ0) is 18.5. The zero-order valence-electron chi connectivity index (χ0n) is 14.8. The molecule has 1 aliphatic heterocycles. The SMILES string of the molecule is Cc1cccc(C(=O)OCC(=O)NCC2COc3ccccc3O2)c1C. The molecule has 6 nitrogen and oxygen atoms in total. The van der Waals surface area contributed by atoms with Crippen LogP contribution in [0.25, 0.3) is 0 Å². The van der Waals surface area contributed by atoms with Gasteiger partial charge in [0, 0.05) is 0 Å². The minimum Gasteiger partial charge on any atom is -0.486 e. The third-order valence-corrected chi connectivity index (χ3v) is 4.25. The van der Waals surface area contributed by atoms with Crippen LogP contribution in [0.2, 0.25) is 0 Å². The summed E-state index contributed by atoms with van der Waals surface area (Å²) < 4.78 is 16.4. The number of carbonyl (C=O) groups is 2. The number of benzene rings is 2. The van der Waals surface area contributed by atoms with Crippen molar-refractivity contribution >= 4 is 11.9 Å². The van der Waals surface area contributed by atoms with E-state index in [-0.39, 0.29) is 25.2 Å². The van der Waals surface area contributed by atoms with Gasteiger partial charge < -0.3 is 19.5 Å². The van der Waals surface area contributed by atoms with Gasteiger partial charge in [-0.15, -0.1) is 0 Å². The van der Waals surface area contributed by atoms with E-state index in [1.807, 2.05) is 44.2 Å². The molecule has 1 unspecified atom stereocenters. The van der Waals surface area contributed by atoms with Crippen molar-refractivity contribution in [3.05, 3.63) is 59.2 Å². The maximum absolute atomic E-state index is 12.1. The largest absolute Gasteiger partial charge is 0.486 e. The van der Waals surface area contributed by atoms with Crippen LogP contribution >= 0.6 is 0 Å². The lowest BCUT2D eigenvalue weighted by Gasteiger charge is -2.26. The van der Waals surface area contributed by atoms with Crippen LogP contribution in [0, 0.1) is 13.8 Å². The van der Waals surface area contributed by atoms with Gasteiger partial charge in [0.2, 0.25) is 0 Å². The number of carbonyl (C=O) groups excluding carboxylic acids is 2. The molecule has 0 fully saturated rings. The Morgan fingerprint density at radius 2 is 1.88 bits per heavy atom. The average molecular weight is 355 g/mol. The summed E-state index contributed by atoms with van der Waals surface area (Å²) in [6, 6.07) is 12.8. The molecule has 0 radical (unpaired) electrons. The van der Waals surface area contributed by atoms with E-state index in [0.29, 0.717) is 23.7 Å². The first kappa shape index (κ1) is 17.8. The summed E-state index contributed by atoms with van der Waals surface area (Å²) in [5.41, 5.74) is 2.32. The predicted molar refractivity (Wildman–Crippen MR) is 95.6 cm³/mol. The molecule has 0 spiro atoms. The van der Waals surface area contributed by atoms with Crippen LogP contribution in [-0.4, -0.2) is 37.7 Å². The summed E-state index contributed by atoms with van der Waals surface area (Å²) >= 11 is 0. The molecule has 0 saturated carbocycles. The van der Waals surface area contributed by atoms with Gasteiger partial charge in [-0.05, 0) is 43.2 Å². The van der Waals surface area contributed by atoms with Crippen molar-refractivity contribution in [1.29, 1.82) is 0 Å². The molecule has 0 aliphatic carbocycles.